The quantitative estimate of drug-likeness (QED) is 0.339. The van der Waals surface area contributed by atoms with Gasteiger partial charge in [0.2, 0.25) is 5.88 Å². The number of aryl methyl sites for hydroxylation is 2. The minimum absolute atomic E-state index is 0.104. The Morgan fingerprint density at radius 1 is 0.946 bits per heavy atom. The van der Waals surface area contributed by atoms with E-state index in [9.17, 15) is 21.6 Å². The molecule has 0 aliphatic heterocycles. The summed E-state index contributed by atoms with van der Waals surface area (Å²) >= 11 is 0. The van der Waals surface area contributed by atoms with Crippen LogP contribution in [0.4, 0.5) is 18.9 Å². The van der Waals surface area contributed by atoms with E-state index in [0.29, 0.717) is 17.4 Å². The van der Waals surface area contributed by atoms with Crippen LogP contribution >= 0.6 is 0 Å². The number of hydrogen-bond acceptors (Lipinski definition) is 7. The predicted octanol–water partition coefficient (Wildman–Crippen LogP) is 5.39. The van der Waals surface area contributed by atoms with E-state index >= 15 is 0 Å². The summed E-state index contributed by atoms with van der Waals surface area (Å²) in [6, 6.07) is 11.9. The van der Waals surface area contributed by atoms with Gasteiger partial charge >= 0.3 is 6.36 Å². The zero-order valence-electron chi connectivity index (χ0n) is 20.2. The number of hydrogen-bond donors (Lipinski definition) is 1. The maximum atomic E-state index is 12.7. The normalized spacial score (nSPS) is 11.9. The minimum Gasteiger partial charge on any atom is -0.439 e. The summed E-state index contributed by atoms with van der Waals surface area (Å²) in [5.74, 6) is 0.744. The van der Waals surface area contributed by atoms with Crippen LogP contribution in [-0.4, -0.2) is 34.5 Å². The molecule has 1 N–H and O–H groups in total. The molecule has 2 aromatic heterocycles. The summed E-state index contributed by atoms with van der Waals surface area (Å²) in [5.41, 5.74) is 2.96. The van der Waals surface area contributed by atoms with E-state index in [0.717, 1.165) is 29.1 Å². The molecular formula is C24H22F3N5O4S. The molecule has 194 valence electrons. The molecule has 0 radical (unpaired) electrons. The zero-order chi connectivity index (χ0) is 27.0. The molecule has 0 spiro atoms. The highest BCUT2D eigenvalue weighted by Crippen LogP contribution is 2.31. The van der Waals surface area contributed by atoms with Crippen LogP contribution in [0.15, 0.2) is 59.5 Å². The SMILES string of the molecule is Cc1nc(Oc2ccc(NS(=O)(=O)c3ccccc3OC(F)(F)F)cc2)cc(-n2nc(C)c(C)c2C)n1. The van der Waals surface area contributed by atoms with E-state index in [1.54, 1.807) is 17.7 Å². The summed E-state index contributed by atoms with van der Waals surface area (Å²) < 4.78 is 77.1. The van der Waals surface area contributed by atoms with Gasteiger partial charge in [0, 0.05) is 17.4 Å². The molecule has 0 bridgehead atoms. The van der Waals surface area contributed by atoms with E-state index in [2.05, 4.69) is 24.5 Å². The van der Waals surface area contributed by atoms with Crippen LogP contribution in [0.1, 0.15) is 22.8 Å². The van der Waals surface area contributed by atoms with Crippen LogP contribution in [0, 0.1) is 27.7 Å². The standard InChI is InChI=1S/C24H22F3N5O4S/c1-14-15(2)30-32(16(14)3)22-13-23(29-17(4)28-22)35-19-11-9-18(10-12-19)31-37(33,34)21-8-6-5-7-20(21)36-24(25,26)27/h5-13,31H,1-4H3. The first-order chi connectivity index (χ1) is 17.3. The molecule has 2 heterocycles. The number of anilines is 1. The Balaban J connectivity index is 1.53. The van der Waals surface area contributed by atoms with Gasteiger partial charge in [-0.1, -0.05) is 12.1 Å². The Morgan fingerprint density at radius 3 is 2.24 bits per heavy atom. The summed E-state index contributed by atoms with van der Waals surface area (Å²) in [5, 5.41) is 4.50. The summed E-state index contributed by atoms with van der Waals surface area (Å²) in [7, 11) is -4.38. The van der Waals surface area contributed by atoms with Gasteiger partial charge in [0.25, 0.3) is 10.0 Å². The lowest BCUT2D eigenvalue weighted by atomic mass is 10.2. The van der Waals surface area contributed by atoms with E-state index < -0.39 is 27.0 Å². The maximum Gasteiger partial charge on any atom is 0.573 e. The van der Waals surface area contributed by atoms with Crippen LogP contribution in [0.25, 0.3) is 5.82 Å². The fraction of sp³-hybridized carbons (Fsp3) is 0.208. The van der Waals surface area contributed by atoms with Crippen molar-refractivity contribution < 1.29 is 31.1 Å². The lowest BCUT2D eigenvalue weighted by Crippen LogP contribution is -2.20. The second-order valence-corrected chi connectivity index (χ2v) is 9.70. The number of benzene rings is 2. The van der Waals surface area contributed by atoms with Gasteiger partial charge in [-0.05, 0) is 69.7 Å². The van der Waals surface area contributed by atoms with Crippen molar-refractivity contribution in [3.63, 3.8) is 0 Å². The van der Waals surface area contributed by atoms with Crippen molar-refractivity contribution in [2.45, 2.75) is 39.0 Å². The highest BCUT2D eigenvalue weighted by atomic mass is 32.2. The Morgan fingerprint density at radius 2 is 1.62 bits per heavy atom. The first-order valence-electron chi connectivity index (χ1n) is 10.9. The minimum atomic E-state index is -5.04. The van der Waals surface area contributed by atoms with Crippen LogP contribution < -0.4 is 14.2 Å². The van der Waals surface area contributed by atoms with Gasteiger partial charge in [-0.2, -0.15) is 10.1 Å². The second kappa shape index (κ2) is 9.73. The van der Waals surface area contributed by atoms with Gasteiger partial charge in [-0.3, -0.25) is 4.72 Å². The molecule has 2 aromatic carbocycles. The third kappa shape index (κ3) is 6.00. The summed E-state index contributed by atoms with van der Waals surface area (Å²) in [6.07, 6.45) is -5.04. The van der Waals surface area contributed by atoms with Crippen molar-refractivity contribution >= 4 is 15.7 Å². The molecule has 0 aliphatic rings. The molecule has 0 atom stereocenters. The largest absolute Gasteiger partial charge is 0.573 e. The lowest BCUT2D eigenvalue weighted by Gasteiger charge is -2.14. The molecule has 0 aliphatic carbocycles. The molecule has 4 rings (SSSR count). The molecule has 0 amide bonds. The first-order valence-corrected chi connectivity index (χ1v) is 12.3. The number of nitrogens with one attached hydrogen (secondary N) is 1. The topological polar surface area (TPSA) is 108 Å². The fourth-order valence-corrected chi connectivity index (χ4v) is 4.62. The summed E-state index contributed by atoms with van der Waals surface area (Å²) in [6.45, 7) is 7.52. The molecule has 37 heavy (non-hydrogen) atoms. The number of rotatable bonds is 7. The van der Waals surface area contributed by atoms with Crippen molar-refractivity contribution in [3.8, 4) is 23.2 Å². The van der Waals surface area contributed by atoms with E-state index in [1.165, 1.54) is 36.4 Å². The van der Waals surface area contributed by atoms with Crippen molar-refractivity contribution in [3.05, 3.63) is 77.4 Å². The second-order valence-electron chi connectivity index (χ2n) is 8.05. The molecular weight excluding hydrogens is 511 g/mol. The number of nitrogens with zero attached hydrogens (tertiary/aromatic N) is 4. The smallest absolute Gasteiger partial charge is 0.439 e. The first kappa shape index (κ1) is 25.9. The highest BCUT2D eigenvalue weighted by Gasteiger charge is 2.34. The number of aromatic nitrogens is 4. The van der Waals surface area contributed by atoms with Gasteiger partial charge in [0.1, 0.15) is 22.2 Å². The number of halogens is 3. The van der Waals surface area contributed by atoms with Crippen molar-refractivity contribution in [1.82, 2.24) is 19.7 Å². The number of sulfonamides is 1. The molecule has 9 nitrogen and oxygen atoms in total. The monoisotopic (exact) mass is 533 g/mol. The van der Waals surface area contributed by atoms with Crippen molar-refractivity contribution in [2.75, 3.05) is 4.72 Å². The van der Waals surface area contributed by atoms with Crippen LogP contribution in [0.5, 0.6) is 17.4 Å². The van der Waals surface area contributed by atoms with Gasteiger partial charge in [0.15, 0.2) is 5.82 Å². The molecule has 0 unspecified atom stereocenters. The van der Waals surface area contributed by atoms with E-state index in [1.807, 2.05) is 20.8 Å². The van der Waals surface area contributed by atoms with Crippen LogP contribution in [-0.2, 0) is 10.0 Å². The van der Waals surface area contributed by atoms with Crippen LogP contribution in [0.3, 0.4) is 0 Å². The maximum absolute atomic E-state index is 12.7. The summed E-state index contributed by atoms with van der Waals surface area (Å²) in [4.78, 5) is 8.05. The van der Waals surface area contributed by atoms with Crippen molar-refractivity contribution in [1.29, 1.82) is 0 Å². The fourth-order valence-electron chi connectivity index (χ4n) is 3.43. The lowest BCUT2D eigenvalue weighted by molar-refractivity contribution is -0.275. The van der Waals surface area contributed by atoms with Gasteiger partial charge in [-0.15, -0.1) is 13.2 Å². The van der Waals surface area contributed by atoms with Gasteiger partial charge in [0.05, 0.1) is 5.69 Å². The Hall–Kier alpha value is -4.13. The van der Waals surface area contributed by atoms with Crippen molar-refractivity contribution in [2.24, 2.45) is 0 Å². The van der Waals surface area contributed by atoms with Crippen LogP contribution in [0.2, 0.25) is 0 Å². The Bertz CT molecular complexity index is 1550. The van der Waals surface area contributed by atoms with Gasteiger partial charge in [-0.25, -0.2) is 18.1 Å². The van der Waals surface area contributed by atoms with E-state index in [4.69, 9.17) is 4.74 Å². The van der Waals surface area contributed by atoms with Gasteiger partial charge < -0.3 is 9.47 Å². The van der Waals surface area contributed by atoms with E-state index in [-0.39, 0.29) is 11.6 Å². The average molecular weight is 534 g/mol. The number of para-hydroxylation sites is 1. The third-order valence-electron chi connectivity index (χ3n) is 5.36. The number of alkyl halides is 3. The highest BCUT2D eigenvalue weighted by molar-refractivity contribution is 7.92. The molecule has 4 aromatic rings. The Kier molecular flexibility index (Phi) is 6.82. The average Bonchev–Trinajstić information content (AvgIpc) is 3.06. The Labute approximate surface area is 211 Å². The predicted molar refractivity (Wildman–Crippen MR) is 129 cm³/mol. The third-order valence-corrected chi connectivity index (χ3v) is 6.79. The molecule has 0 saturated heterocycles. The number of ether oxygens (including phenoxy) is 2. The molecule has 0 saturated carbocycles. The molecule has 0 fully saturated rings. The molecule has 13 heteroatoms. The zero-order valence-corrected chi connectivity index (χ0v) is 21.0.